The number of hydrogen-bond acceptors (Lipinski definition) is 3. The van der Waals surface area contributed by atoms with Gasteiger partial charge >= 0.3 is 0 Å². The number of nitrogens with zero attached hydrogens (tertiary/aromatic N) is 1. The summed E-state index contributed by atoms with van der Waals surface area (Å²) in [5, 5.41) is 9.46. The van der Waals surface area contributed by atoms with Gasteiger partial charge in [0.05, 0.1) is 0 Å². The van der Waals surface area contributed by atoms with Crippen LogP contribution >= 0.6 is 12.6 Å². The molecule has 0 amide bonds. The minimum atomic E-state index is -0.139. The highest BCUT2D eigenvalue weighted by Gasteiger charge is 1.86. The summed E-state index contributed by atoms with van der Waals surface area (Å²) >= 11 is 3.33. The Hall–Kier alpha value is -0.710. The van der Waals surface area contributed by atoms with Gasteiger partial charge in [-0.3, -0.25) is 5.41 Å². The van der Waals surface area contributed by atoms with Crippen LogP contribution in [0.1, 0.15) is 6.42 Å². The van der Waals surface area contributed by atoms with Crippen molar-refractivity contribution in [3.05, 3.63) is 0 Å². The van der Waals surface area contributed by atoms with Crippen molar-refractivity contribution >= 4 is 24.0 Å². The number of hydrogen-bond donors (Lipinski definition) is 3. The van der Waals surface area contributed by atoms with Crippen molar-refractivity contribution in [1.29, 1.82) is 5.41 Å². The Balaban J connectivity index is 0.000000148. The van der Waals surface area contributed by atoms with E-state index >= 15 is 0 Å². The van der Waals surface area contributed by atoms with Crippen LogP contribution in [0, 0.1) is 5.41 Å². The van der Waals surface area contributed by atoms with Crippen molar-refractivity contribution in [2.24, 2.45) is 10.9 Å². The maximum absolute atomic E-state index is 6.14. The quantitative estimate of drug-likeness (QED) is 0.260. The Bertz CT molecular complexity index is 104. The first kappa shape index (κ1) is 8.29. The van der Waals surface area contributed by atoms with E-state index in [1.807, 2.05) is 0 Å². The van der Waals surface area contributed by atoms with Crippen LogP contribution in [0.15, 0.2) is 5.16 Å². The lowest BCUT2D eigenvalue weighted by molar-refractivity contribution is 0.174. The van der Waals surface area contributed by atoms with Gasteiger partial charge in [0.15, 0.2) is 0 Å². The van der Waals surface area contributed by atoms with Gasteiger partial charge in [0, 0.05) is 12.6 Å². The largest absolute Gasteiger partial charge is 0.396 e. The average Bonchev–Trinajstić information content (AvgIpc) is 2.11. The van der Waals surface area contributed by atoms with E-state index in [4.69, 9.17) is 5.41 Å². The molecule has 0 aromatic rings. The third-order valence-corrected chi connectivity index (χ3v) is 0.487. The van der Waals surface area contributed by atoms with E-state index in [9.17, 15) is 0 Å². The molecule has 0 aromatic carbocycles. The third kappa shape index (κ3) is 11.1. The minimum absolute atomic E-state index is 0.139. The molecule has 1 aliphatic rings. The summed E-state index contributed by atoms with van der Waals surface area (Å²) in [6.07, 6.45) is 2.75. The highest BCUT2D eigenvalue weighted by Crippen LogP contribution is 1.86. The van der Waals surface area contributed by atoms with Gasteiger partial charge in [-0.1, -0.05) is 5.16 Å². The topological polar surface area (TPSA) is 71.5 Å². The summed E-state index contributed by atoms with van der Waals surface area (Å²) in [7, 11) is 0. The van der Waals surface area contributed by atoms with Gasteiger partial charge in [-0.15, -0.1) is 12.6 Å². The van der Waals surface area contributed by atoms with Crippen LogP contribution in [0.4, 0.5) is 0 Å². The van der Waals surface area contributed by atoms with E-state index in [0.717, 1.165) is 13.0 Å². The van der Waals surface area contributed by atoms with Crippen molar-refractivity contribution in [2.45, 2.75) is 6.42 Å². The van der Waals surface area contributed by atoms with Crippen LogP contribution in [-0.2, 0) is 4.84 Å². The zero-order valence-electron chi connectivity index (χ0n) is 4.87. The first-order valence-corrected chi connectivity index (χ1v) is 2.85. The predicted octanol–water partition coefficient (Wildman–Crippen LogP) is 0.202. The van der Waals surface area contributed by atoms with Crippen LogP contribution < -0.4 is 5.73 Å². The van der Waals surface area contributed by atoms with Crippen molar-refractivity contribution in [2.75, 3.05) is 6.61 Å². The lowest BCUT2D eigenvalue weighted by Crippen LogP contribution is -1.96. The van der Waals surface area contributed by atoms with E-state index in [2.05, 4.69) is 28.4 Å². The van der Waals surface area contributed by atoms with Gasteiger partial charge in [0.25, 0.3) is 0 Å². The van der Waals surface area contributed by atoms with Crippen molar-refractivity contribution in [3.8, 4) is 0 Å². The normalized spacial score (nSPS) is 13.4. The lowest BCUT2D eigenvalue weighted by Gasteiger charge is -1.76. The highest BCUT2D eigenvalue weighted by atomic mass is 32.1. The monoisotopic (exact) mass is 147 g/mol. The average molecular weight is 147 g/mol. The molecule has 0 radical (unpaired) electrons. The molecule has 1 aliphatic heterocycles. The minimum Gasteiger partial charge on any atom is -0.396 e. The zero-order chi connectivity index (χ0) is 7.11. The molecule has 0 saturated heterocycles. The summed E-state index contributed by atoms with van der Waals surface area (Å²) in [5.41, 5.74) is 4.56. The van der Waals surface area contributed by atoms with Crippen LogP contribution in [0.5, 0.6) is 0 Å². The first-order chi connectivity index (χ1) is 4.23. The fourth-order valence-electron chi connectivity index (χ4n) is 0.264. The highest BCUT2D eigenvalue weighted by molar-refractivity contribution is 7.96. The first-order valence-electron chi connectivity index (χ1n) is 2.40. The molecule has 4 nitrogen and oxygen atoms in total. The second kappa shape index (κ2) is 5.43. The molecular formula is C4H9N3OS. The molecule has 9 heavy (non-hydrogen) atoms. The fourth-order valence-corrected chi connectivity index (χ4v) is 0.264. The van der Waals surface area contributed by atoms with Gasteiger partial charge < -0.3 is 10.6 Å². The van der Waals surface area contributed by atoms with Crippen LogP contribution in [0.3, 0.4) is 0 Å². The Labute approximate surface area is 59.0 Å². The molecule has 5 heteroatoms. The van der Waals surface area contributed by atoms with E-state index in [-0.39, 0.29) is 5.17 Å². The lowest BCUT2D eigenvalue weighted by atomic mass is 10.5. The molecule has 0 fully saturated rings. The van der Waals surface area contributed by atoms with E-state index < -0.39 is 0 Å². The smallest absolute Gasteiger partial charge is 0.147 e. The van der Waals surface area contributed by atoms with E-state index in [1.165, 1.54) is 0 Å². The van der Waals surface area contributed by atoms with Crippen LogP contribution in [0.25, 0.3) is 0 Å². The molecule has 0 aromatic heterocycles. The standard InChI is InChI=1S/C3H5NO.CH4N2S/c1-2-4-5-3-1;2-1(3)4/h2H,1,3H2;(H4,2,3,4). The Morgan fingerprint density at radius 3 is 2.56 bits per heavy atom. The number of amidine groups is 1. The van der Waals surface area contributed by atoms with E-state index in [1.54, 1.807) is 6.21 Å². The number of nitrogens with one attached hydrogen (secondary N) is 1. The van der Waals surface area contributed by atoms with Gasteiger partial charge in [-0.05, 0) is 0 Å². The van der Waals surface area contributed by atoms with Crippen molar-refractivity contribution in [1.82, 2.24) is 0 Å². The number of thiol groups is 1. The van der Waals surface area contributed by atoms with E-state index in [0.29, 0.717) is 0 Å². The molecule has 0 spiro atoms. The summed E-state index contributed by atoms with van der Waals surface area (Å²) in [6, 6.07) is 0. The number of nitrogens with two attached hydrogens (primary N) is 1. The maximum Gasteiger partial charge on any atom is 0.147 e. The van der Waals surface area contributed by atoms with Gasteiger partial charge in [0.2, 0.25) is 0 Å². The third-order valence-electron chi connectivity index (χ3n) is 0.487. The molecular weight excluding hydrogens is 138 g/mol. The SMILES string of the molecule is C1=NOCC1.N=C(N)S. The predicted molar refractivity (Wildman–Crippen MR) is 40.0 cm³/mol. The second-order valence-corrected chi connectivity index (χ2v) is 1.78. The molecule has 0 bridgehead atoms. The molecule has 0 atom stereocenters. The summed E-state index contributed by atoms with van der Waals surface area (Å²) in [6.45, 7) is 0.778. The summed E-state index contributed by atoms with van der Waals surface area (Å²) in [5.74, 6) is 0. The van der Waals surface area contributed by atoms with Crippen molar-refractivity contribution < 1.29 is 4.84 Å². The van der Waals surface area contributed by atoms with Gasteiger partial charge in [-0.2, -0.15) is 0 Å². The molecule has 1 rings (SSSR count). The van der Waals surface area contributed by atoms with Crippen LogP contribution in [-0.4, -0.2) is 18.0 Å². The molecule has 0 aliphatic carbocycles. The van der Waals surface area contributed by atoms with Gasteiger partial charge in [0.1, 0.15) is 11.8 Å². The Kier molecular flexibility index (Phi) is 5.00. The second-order valence-electron chi connectivity index (χ2n) is 1.30. The molecule has 3 N–H and O–H groups in total. The summed E-state index contributed by atoms with van der Waals surface area (Å²) < 4.78 is 0. The van der Waals surface area contributed by atoms with Crippen molar-refractivity contribution in [3.63, 3.8) is 0 Å². The fraction of sp³-hybridized carbons (Fsp3) is 0.500. The zero-order valence-corrected chi connectivity index (χ0v) is 5.77. The Morgan fingerprint density at radius 1 is 1.89 bits per heavy atom. The Morgan fingerprint density at radius 2 is 2.44 bits per heavy atom. The molecule has 0 unspecified atom stereocenters. The van der Waals surface area contributed by atoms with Gasteiger partial charge in [-0.25, -0.2) is 0 Å². The summed E-state index contributed by atoms with van der Waals surface area (Å²) in [4.78, 5) is 4.51. The maximum atomic E-state index is 6.14. The number of oxime groups is 1. The molecule has 1 heterocycles. The number of rotatable bonds is 0. The molecule has 0 saturated carbocycles. The molecule has 52 valence electrons. The van der Waals surface area contributed by atoms with Crippen LogP contribution in [0.2, 0.25) is 0 Å².